The predicted octanol–water partition coefficient (Wildman–Crippen LogP) is 2.21. The maximum atomic E-state index is 9.65. The summed E-state index contributed by atoms with van der Waals surface area (Å²) in [5, 5.41) is 9.65. The third kappa shape index (κ3) is 2.79. The molecule has 1 aromatic rings. The fraction of sp³-hybridized carbons (Fsp3) is 0.571. The summed E-state index contributed by atoms with van der Waals surface area (Å²) < 4.78 is 5.38. The molecule has 1 aromatic carbocycles. The van der Waals surface area contributed by atoms with Gasteiger partial charge in [-0.3, -0.25) is 4.90 Å². The van der Waals surface area contributed by atoms with E-state index in [1.807, 2.05) is 24.3 Å². The van der Waals surface area contributed by atoms with Gasteiger partial charge >= 0.3 is 0 Å². The molecule has 0 bridgehead atoms. The summed E-state index contributed by atoms with van der Waals surface area (Å²) in [5.41, 5.74) is 1.10. The van der Waals surface area contributed by atoms with Crippen molar-refractivity contribution in [1.29, 1.82) is 0 Å². The van der Waals surface area contributed by atoms with Gasteiger partial charge in [-0.25, -0.2) is 0 Å². The average molecular weight is 235 g/mol. The molecule has 1 N–H and O–H groups in total. The molecular weight excluding hydrogens is 214 g/mol. The lowest BCUT2D eigenvalue weighted by atomic mass is 10.0. The molecule has 3 heteroatoms. The van der Waals surface area contributed by atoms with Crippen LogP contribution >= 0.6 is 0 Å². The molecule has 94 valence electrons. The molecule has 1 heterocycles. The SMILES string of the molecule is COc1ccccc1[C@H](CO)N1CCCCC1. The predicted molar refractivity (Wildman–Crippen MR) is 68.2 cm³/mol. The van der Waals surface area contributed by atoms with Crippen LogP contribution in [0.1, 0.15) is 30.9 Å². The Morgan fingerprint density at radius 2 is 1.94 bits per heavy atom. The van der Waals surface area contributed by atoms with E-state index >= 15 is 0 Å². The first-order chi connectivity index (χ1) is 8.36. The van der Waals surface area contributed by atoms with Crippen LogP contribution in [-0.2, 0) is 0 Å². The van der Waals surface area contributed by atoms with Gasteiger partial charge in [0.1, 0.15) is 5.75 Å². The highest BCUT2D eigenvalue weighted by Gasteiger charge is 2.23. The molecule has 1 fully saturated rings. The number of nitrogens with zero attached hydrogens (tertiary/aromatic N) is 1. The van der Waals surface area contributed by atoms with E-state index in [9.17, 15) is 5.11 Å². The molecule has 1 atom stereocenters. The highest BCUT2D eigenvalue weighted by Crippen LogP contribution is 2.30. The van der Waals surface area contributed by atoms with E-state index in [0.717, 1.165) is 24.4 Å². The molecule has 0 spiro atoms. The minimum absolute atomic E-state index is 0.0754. The first kappa shape index (κ1) is 12.4. The van der Waals surface area contributed by atoms with Crippen molar-refractivity contribution >= 4 is 0 Å². The van der Waals surface area contributed by atoms with Crippen LogP contribution < -0.4 is 4.74 Å². The Morgan fingerprint density at radius 3 is 2.59 bits per heavy atom. The van der Waals surface area contributed by atoms with Crippen LogP contribution in [0.25, 0.3) is 0 Å². The van der Waals surface area contributed by atoms with Crippen LogP contribution in [0, 0.1) is 0 Å². The van der Waals surface area contributed by atoms with Crippen LogP contribution in [-0.4, -0.2) is 36.8 Å². The number of benzene rings is 1. The van der Waals surface area contributed by atoms with Gasteiger partial charge in [0.05, 0.1) is 19.8 Å². The van der Waals surface area contributed by atoms with Crippen molar-refractivity contribution in [2.24, 2.45) is 0 Å². The number of likely N-dealkylation sites (tertiary alicyclic amines) is 1. The summed E-state index contributed by atoms with van der Waals surface area (Å²) in [6.07, 6.45) is 3.76. The number of rotatable bonds is 4. The minimum atomic E-state index is 0.0754. The summed E-state index contributed by atoms with van der Waals surface area (Å²) in [5.74, 6) is 0.872. The van der Waals surface area contributed by atoms with E-state index in [4.69, 9.17) is 4.74 Å². The standard InChI is InChI=1S/C14H21NO2/c1-17-14-8-4-3-7-12(14)13(11-16)15-9-5-2-6-10-15/h3-4,7-8,13,16H,2,5-6,9-11H2,1H3/t13-/m0/s1. The smallest absolute Gasteiger partial charge is 0.123 e. The highest BCUT2D eigenvalue weighted by molar-refractivity contribution is 5.36. The first-order valence-electron chi connectivity index (χ1n) is 6.34. The summed E-state index contributed by atoms with van der Waals surface area (Å²) in [7, 11) is 1.68. The topological polar surface area (TPSA) is 32.7 Å². The third-order valence-corrected chi connectivity index (χ3v) is 3.50. The van der Waals surface area contributed by atoms with Crippen molar-refractivity contribution in [3.8, 4) is 5.75 Å². The zero-order valence-electron chi connectivity index (χ0n) is 10.4. The van der Waals surface area contributed by atoms with Crippen LogP contribution in [0.5, 0.6) is 5.75 Å². The number of piperidine rings is 1. The quantitative estimate of drug-likeness (QED) is 0.868. The highest BCUT2D eigenvalue weighted by atomic mass is 16.5. The van der Waals surface area contributed by atoms with Gasteiger partial charge in [0, 0.05) is 5.56 Å². The van der Waals surface area contributed by atoms with E-state index < -0.39 is 0 Å². The van der Waals surface area contributed by atoms with Gasteiger partial charge in [-0.1, -0.05) is 24.6 Å². The van der Waals surface area contributed by atoms with Gasteiger partial charge in [-0.05, 0) is 32.0 Å². The Balaban J connectivity index is 2.21. The number of ether oxygens (including phenoxy) is 1. The fourth-order valence-electron chi connectivity index (χ4n) is 2.58. The van der Waals surface area contributed by atoms with Crippen LogP contribution in [0.4, 0.5) is 0 Å². The second-order valence-corrected chi connectivity index (χ2v) is 4.54. The molecule has 17 heavy (non-hydrogen) atoms. The van der Waals surface area contributed by atoms with Crippen molar-refractivity contribution in [1.82, 2.24) is 4.90 Å². The molecule has 3 nitrogen and oxygen atoms in total. The number of hydrogen-bond donors (Lipinski definition) is 1. The van der Waals surface area contributed by atoms with E-state index in [2.05, 4.69) is 4.90 Å². The molecule has 0 radical (unpaired) electrons. The maximum Gasteiger partial charge on any atom is 0.123 e. The fourth-order valence-corrected chi connectivity index (χ4v) is 2.58. The lowest BCUT2D eigenvalue weighted by molar-refractivity contribution is 0.102. The van der Waals surface area contributed by atoms with Crippen molar-refractivity contribution in [2.75, 3.05) is 26.8 Å². The van der Waals surface area contributed by atoms with Crippen molar-refractivity contribution < 1.29 is 9.84 Å². The van der Waals surface area contributed by atoms with Gasteiger partial charge in [0.15, 0.2) is 0 Å². The van der Waals surface area contributed by atoms with Crippen molar-refractivity contribution in [3.63, 3.8) is 0 Å². The Bertz CT molecular complexity index is 348. The van der Waals surface area contributed by atoms with Crippen LogP contribution in [0.15, 0.2) is 24.3 Å². The van der Waals surface area contributed by atoms with E-state index in [1.54, 1.807) is 7.11 Å². The second-order valence-electron chi connectivity index (χ2n) is 4.54. The average Bonchev–Trinajstić information content (AvgIpc) is 2.41. The van der Waals surface area contributed by atoms with Crippen LogP contribution in [0.2, 0.25) is 0 Å². The first-order valence-corrected chi connectivity index (χ1v) is 6.34. The van der Waals surface area contributed by atoms with Gasteiger partial charge in [-0.15, -0.1) is 0 Å². The molecule has 1 saturated heterocycles. The summed E-state index contributed by atoms with van der Waals surface area (Å²) in [6, 6.07) is 8.06. The number of aliphatic hydroxyl groups excluding tert-OH is 1. The van der Waals surface area contributed by atoms with Gasteiger partial charge in [-0.2, -0.15) is 0 Å². The van der Waals surface area contributed by atoms with Gasteiger partial charge in [0.2, 0.25) is 0 Å². The molecule has 0 saturated carbocycles. The molecule has 0 aromatic heterocycles. The summed E-state index contributed by atoms with van der Waals surface area (Å²) >= 11 is 0. The van der Waals surface area contributed by atoms with E-state index in [0.29, 0.717) is 0 Å². The van der Waals surface area contributed by atoms with Crippen LogP contribution in [0.3, 0.4) is 0 Å². The molecule has 1 aliphatic rings. The molecule has 0 amide bonds. The third-order valence-electron chi connectivity index (χ3n) is 3.50. The molecule has 1 aliphatic heterocycles. The number of hydrogen-bond acceptors (Lipinski definition) is 3. The number of para-hydroxylation sites is 1. The Kier molecular flexibility index (Phi) is 4.40. The molecule has 2 rings (SSSR count). The maximum absolute atomic E-state index is 9.65. The summed E-state index contributed by atoms with van der Waals surface area (Å²) in [4.78, 5) is 2.36. The number of methoxy groups -OCH3 is 1. The van der Waals surface area contributed by atoms with E-state index in [-0.39, 0.29) is 12.6 Å². The van der Waals surface area contributed by atoms with Crippen molar-refractivity contribution in [2.45, 2.75) is 25.3 Å². The summed E-state index contributed by atoms with van der Waals surface area (Å²) in [6.45, 7) is 2.30. The monoisotopic (exact) mass is 235 g/mol. The van der Waals surface area contributed by atoms with Crippen molar-refractivity contribution in [3.05, 3.63) is 29.8 Å². The molecular formula is C14H21NO2. The second kappa shape index (κ2) is 6.03. The minimum Gasteiger partial charge on any atom is -0.496 e. The Labute approximate surface area is 103 Å². The zero-order valence-corrected chi connectivity index (χ0v) is 10.4. The van der Waals surface area contributed by atoms with Gasteiger partial charge < -0.3 is 9.84 Å². The number of aliphatic hydroxyl groups is 1. The normalized spacial score (nSPS) is 18.9. The largest absolute Gasteiger partial charge is 0.496 e. The Morgan fingerprint density at radius 1 is 1.24 bits per heavy atom. The molecule has 0 aliphatic carbocycles. The van der Waals surface area contributed by atoms with Gasteiger partial charge in [0.25, 0.3) is 0 Å². The lowest BCUT2D eigenvalue weighted by Gasteiger charge is -2.34. The van der Waals surface area contributed by atoms with E-state index in [1.165, 1.54) is 19.3 Å². The Hall–Kier alpha value is -1.06. The zero-order chi connectivity index (χ0) is 12.1. The lowest BCUT2D eigenvalue weighted by Crippen LogP contribution is -2.35. The molecule has 0 unspecified atom stereocenters.